The Bertz CT molecular complexity index is 631. The largest absolute Gasteiger partial charge is 0.372 e. The van der Waals surface area contributed by atoms with Crippen molar-refractivity contribution < 1.29 is 9.53 Å². The lowest BCUT2D eigenvalue weighted by molar-refractivity contribution is 0.0989. The highest BCUT2D eigenvalue weighted by Gasteiger charge is 2.16. The zero-order chi connectivity index (χ0) is 13.9. The molecule has 104 valence electrons. The second kappa shape index (κ2) is 5.59. The molecule has 1 aliphatic rings. The minimum Gasteiger partial charge on any atom is -0.372 e. The topological polar surface area (TPSA) is 44.1 Å². The Morgan fingerprint density at radius 2 is 2.20 bits per heavy atom. The van der Waals surface area contributed by atoms with Crippen LogP contribution in [0.25, 0.3) is 0 Å². The standard InChI is InChI=1S/C16H18N2O2/c1-2-6-18-7-5-17-16(18)9-15(19)12-3-4-13-10-20-11-14(13)8-12/h3-5,7-8H,2,6,9-11H2,1H3. The number of nitrogens with zero attached hydrogens (tertiary/aromatic N) is 2. The maximum atomic E-state index is 12.4. The minimum absolute atomic E-state index is 0.114. The first-order chi connectivity index (χ1) is 9.78. The number of carbonyl (C=O) groups is 1. The molecule has 0 radical (unpaired) electrons. The van der Waals surface area contributed by atoms with Crippen molar-refractivity contribution in [1.29, 1.82) is 0 Å². The van der Waals surface area contributed by atoms with Crippen LogP contribution in [0.2, 0.25) is 0 Å². The van der Waals surface area contributed by atoms with E-state index in [1.807, 2.05) is 29.0 Å². The number of imidazole rings is 1. The number of hydrogen-bond acceptors (Lipinski definition) is 3. The molecule has 4 nitrogen and oxygen atoms in total. The zero-order valence-electron chi connectivity index (χ0n) is 11.6. The van der Waals surface area contributed by atoms with Crippen molar-refractivity contribution in [1.82, 2.24) is 9.55 Å². The number of ether oxygens (including phenoxy) is 1. The van der Waals surface area contributed by atoms with Crippen LogP contribution in [-0.2, 0) is 30.9 Å². The molecule has 1 aromatic carbocycles. The summed E-state index contributed by atoms with van der Waals surface area (Å²) in [7, 11) is 0. The van der Waals surface area contributed by atoms with Gasteiger partial charge in [-0.1, -0.05) is 19.1 Å². The van der Waals surface area contributed by atoms with Gasteiger partial charge in [0.05, 0.1) is 19.6 Å². The van der Waals surface area contributed by atoms with Crippen LogP contribution in [0.4, 0.5) is 0 Å². The molecule has 0 saturated heterocycles. The monoisotopic (exact) mass is 270 g/mol. The van der Waals surface area contributed by atoms with Crippen molar-refractivity contribution in [2.75, 3.05) is 0 Å². The maximum Gasteiger partial charge on any atom is 0.170 e. The van der Waals surface area contributed by atoms with Gasteiger partial charge in [0, 0.05) is 24.5 Å². The molecule has 0 bridgehead atoms. The van der Waals surface area contributed by atoms with Crippen LogP contribution in [0, 0.1) is 0 Å². The molecule has 0 unspecified atom stereocenters. The van der Waals surface area contributed by atoms with Gasteiger partial charge in [-0.3, -0.25) is 4.79 Å². The van der Waals surface area contributed by atoms with E-state index in [0.717, 1.165) is 29.9 Å². The van der Waals surface area contributed by atoms with Crippen LogP contribution in [0.15, 0.2) is 30.6 Å². The molecule has 0 spiro atoms. The number of ketones is 1. The summed E-state index contributed by atoms with van der Waals surface area (Å²) in [5.74, 6) is 0.955. The van der Waals surface area contributed by atoms with E-state index in [2.05, 4.69) is 11.9 Å². The van der Waals surface area contributed by atoms with Gasteiger partial charge in [0.25, 0.3) is 0 Å². The third-order valence-corrected chi connectivity index (χ3v) is 3.63. The second-order valence-corrected chi connectivity index (χ2v) is 5.11. The van der Waals surface area contributed by atoms with Crippen LogP contribution in [0.3, 0.4) is 0 Å². The average molecular weight is 270 g/mol. The highest BCUT2D eigenvalue weighted by molar-refractivity contribution is 5.97. The fourth-order valence-corrected chi connectivity index (χ4v) is 2.54. The molecule has 0 N–H and O–H groups in total. The van der Waals surface area contributed by atoms with E-state index >= 15 is 0 Å². The predicted molar refractivity (Wildman–Crippen MR) is 75.5 cm³/mol. The smallest absolute Gasteiger partial charge is 0.170 e. The van der Waals surface area contributed by atoms with Crippen LogP contribution in [-0.4, -0.2) is 15.3 Å². The number of carbonyl (C=O) groups excluding carboxylic acids is 1. The van der Waals surface area contributed by atoms with E-state index in [0.29, 0.717) is 19.6 Å². The van der Waals surface area contributed by atoms with E-state index in [1.165, 1.54) is 5.56 Å². The van der Waals surface area contributed by atoms with Crippen molar-refractivity contribution in [2.45, 2.75) is 39.5 Å². The number of fused-ring (bicyclic) bond motifs is 1. The third kappa shape index (κ3) is 2.51. The van der Waals surface area contributed by atoms with Gasteiger partial charge in [-0.05, 0) is 23.6 Å². The molecule has 1 aromatic heterocycles. The molecule has 0 saturated carbocycles. The molecule has 0 fully saturated rings. The van der Waals surface area contributed by atoms with Gasteiger partial charge in [-0.25, -0.2) is 4.98 Å². The normalized spacial score (nSPS) is 13.4. The minimum atomic E-state index is 0.114. The van der Waals surface area contributed by atoms with Crippen molar-refractivity contribution in [3.8, 4) is 0 Å². The van der Waals surface area contributed by atoms with Crippen molar-refractivity contribution in [2.24, 2.45) is 0 Å². The van der Waals surface area contributed by atoms with Crippen molar-refractivity contribution >= 4 is 5.78 Å². The Hall–Kier alpha value is -1.94. The van der Waals surface area contributed by atoms with Crippen LogP contribution < -0.4 is 0 Å². The van der Waals surface area contributed by atoms with Crippen LogP contribution >= 0.6 is 0 Å². The van der Waals surface area contributed by atoms with Crippen LogP contribution in [0.5, 0.6) is 0 Å². The molecule has 1 aliphatic heterocycles. The molecule has 0 amide bonds. The maximum absolute atomic E-state index is 12.4. The summed E-state index contributed by atoms with van der Waals surface area (Å²) < 4.78 is 7.43. The second-order valence-electron chi connectivity index (χ2n) is 5.11. The summed E-state index contributed by atoms with van der Waals surface area (Å²) in [5.41, 5.74) is 3.07. The van der Waals surface area contributed by atoms with Crippen molar-refractivity contribution in [3.63, 3.8) is 0 Å². The number of benzene rings is 1. The molecule has 3 rings (SSSR count). The Balaban J connectivity index is 1.77. The number of aryl methyl sites for hydroxylation is 1. The Labute approximate surface area is 118 Å². The zero-order valence-corrected chi connectivity index (χ0v) is 11.6. The molecule has 2 aromatic rings. The van der Waals surface area contributed by atoms with E-state index in [-0.39, 0.29) is 5.78 Å². The summed E-state index contributed by atoms with van der Waals surface area (Å²) in [4.78, 5) is 16.7. The molecule has 0 aliphatic carbocycles. The quantitative estimate of drug-likeness (QED) is 0.785. The first kappa shape index (κ1) is 13.1. The lowest BCUT2D eigenvalue weighted by Crippen LogP contribution is -2.10. The van der Waals surface area contributed by atoms with Crippen LogP contribution in [0.1, 0.15) is 40.7 Å². The van der Waals surface area contributed by atoms with E-state index < -0.39 is 0 Å². The third-order valence-electron chi connectivity index (χ3n) is 3.63. The highest BCUT2D eigenvalue weighted by atomic mass is 16.5. The number of rotatable bonds is 5. The SMILES string of the molecule is CCCn1ccnc1CC(=O)c1ccc2c(c1)COC2. The molecular formula is C16H18N2O2. The number of hydrogen-bond donors (Lipinski definition) is 0. The first-order valence-corrected chi connectivity index (χ1v) is 7.00. The lowest BCUT2D eigenvalue weighted by Gasteiger charge is -2.06. The van der Waals surface area contributed by atoms with Gasteiger partial charge in [-0.15, -0.1) is 0 Å². The van der Waals surface area contributed by atoms with Crippen molar-refractivity contribution in [3.05, 3.63) is 53.1 Å². The first-order valence-electron chi connectivity index (χ1n) is 7.00. The summed E-state index contributed by atoms with van der Waals surface area (Å²) >= 11 is 0. The van der Waals surface area contributed by atoms with Gasteiger partial charge < -0.3 is 9.30 Å². The number of aromatic nitrogens is 2. The highest BCUT2D eigenvalue weighted by Crippen LogP contribution is 2.21. The van der Waals surface area contributed by atoms with Gasteiger partial charge in [0.15, 0.2) is 5.78 Å². The predicted octanol–water partition coefficient (Wildman–Crippen LogP) is 2.75. The van der Waals surface area contributed by atoms with Gasteiger partial charge in [0.2, 0.25) is 0 Å². The summed E-state index contributed by atoms with van der Waals surface area (Å²) in [6, 6.07) is 5.84. The van der Waals surface area contributed by atoms with E-state index in [1.54, 1.807) is 6.20 Å². The fraction of sp³-hybridized carbons (Fsp3) is 0.375. The van der Waals surface area contributed by atoms with E-state index in [9.17, 15) is 4.79 Å². The Kier molecular flexibility index (Phi) is 3.65. The number of Topliss-reactive ketones (excluding diaryl/α,β-unsaturated/α-hetero) is 1. The van der Waals surface area contributed by atoms with Gasteiger partial charge in [0.1, 0.15) is 5.82 Å². The van der Waals surface area contributed by atoms with Gasteiger partial charge in [-0.2, -0.15) is 0 Å². The van der Waals surface area contributed by atoms with E-state index in [4.69, 9.17) is 4.74 Å². The molecule has 20 heavy (non-hydrogen) atoms. The molecular weight excluding hydrogens is 252 g/mol. The molecule has 4 heteroatoms. The molecule has 2 heterocycles. The lowest BCUT2D eigenvalue weighted by atomic mass is 10.0. The van der Waals surface area contributed by atoms with Gasteiger partial charge >= 0.3 is 0 Å². The summed E-state index contributed by atoms with van der Waals surface area (Å²) in [6.07, 6.45) is 5.08. The summed E-state index contributed by atoms with van der Waals surface area (Å²) in [5, 5.41) is 0. The average Bonchev–Trinajstić information content (AvgIpc) is 3.07. The molecule has 0 atom stereocenters. The summed E-state index contributed by atoms with van der Waals surface area (Å²) in [6.45, 7) is 4.29. The Morgan fingerprint density at radius 3 is 3.05 bits per heavy atom. The fourth-order valence-electron chi connectivity index (χ4n) is 2.54. The Morgan fingerprint density at radius 1 is 1.35 bits per heavy atom.